The summed E-state index contributed by atoms with van der Waals surface area (Å²) in [6.45, 7) is 0. The molecule has 0 unspecified atom stereocenters. The van der Waals surface area contributed by atoms with Crippen molar-refractivity contribution in [2.24, 2.45) is 5.92 Å². The monoisotopic (exact) mass is 214 g/mol. The van der Waals surface area contributed by atoms with E-state index in [1.54, 1.807) is 0 Å². The number of rotatable bonds is 1. The van der Waals surface area contributed by atoms with Crippen LogP contribution >= 0.6 is 0 Å². The van der Waals surface area contributed by atoms with E-state index in [1.165, 1.54) is 0 Å². The summed E-state index contributed by atoms with van der Waals surface area (Å²) in [5.41, 5.74) is 0. The van der Waals surface area contributed by atoms with E-state index in [4.69, 9.17) is 5.11 Å². The van der Waals surface area contributed by atoms with Crippen LogP contribution in [0.3, 0.4) is 0 Å². The lowest BCUT2D eigenvalue weighted by Crippen LogP contribution is -2.39. The van der Waals surface area contributed by atoms with Gasteiger partial charge in [0.1, 0.15) is 0 Å². The van der Waals surface area contributed by atoms with Gasteiger partial charge in [0.2, 0.25) is 5.92 Å². The lowest BCUT2D eigenvalue weighted by molar-refractivity contribution is -0.165. The molecule has 4 heteroatoms. The van der Waals surface area contributed by atoms with Gasteiger partial charge in [0, 0.05) is 12.8 Å². The lowest BCUT2D eigenvalue weighted by Gasteiger charge is -2.31. The Bertz CT molecular complexity index is 277. The Hall–Kier alpha value is -1.45. The summed E-state index contributed by atoms with van der Waals surface area (Å²) in [5, 5.41) is 8.13. The van der Waals surface area contributed by atoms with E-state index in [0.717, 1.165) is 0 Å². The summed E-state index contributed by atoms with van der Waals surface area (Å²) in [5.74, 6) is -4.62. The summed E-state index contributed by atoms with van der Waals surface area (Å²) >= 11 is 0. The molecule has 2 rings (SSSR count). The second kappa shape index (κ2) is 4.87. The molecule has 1 saturated carbocycles. The van der Waals surface area contributed by atoms with Gasteiger partial charge in [0.25, 0.3) is 0 Å². The van der Waals surface area contributed by atoms with Crippen LogP contribution in [0.2, 0.25) is 0 Å². The van der Waals surface area contributed by atoms with Crippen molar-refractivity contribution in [1.82, 2.24) is 0 Å². The first-order chi connectivity index (χ1) is 7.01. The third kappa shape index (κ3) is 4.06. The minimum atomic E-state index is -2.71. The third-order valence-electron chi connectivity index (χ3n) is 2.11. The Morgan fingerprint density at radius 1 is 1.07 bits per heavy atom. The highest BCUT2D eigenvalue weighted by Crippen LogP contribution is 2.42. The third-order valence-corrected chi connectivity index (χ3v) is 2.11. The minimum Gasteiger partial charge on any atom is -0.481 e. The number of carboxylic acids is 1. The smallest absolute Gasteiger partial charge is 0.306 e. The number of hydrogen-bond donors (Lipinski definition) is 1. The van der Waals surface area contributed by atoms with Crippen molar-refractivity contribution in [3.05, 3.63) is 36.4 Å². The molecule has 1 aliphatic carbocycles. The quantitative estimate of drug-likeness (QED) is 0.780. The molecule has 1 aromatic rings. The van der Waals surface area contributed by atoms with Crippen LogP contribution in [0.4, 0.5) is 8.78 Å². The molecule has 0 saturated heterocycles. The van der Waals surface area contributed by atoms with Crippen LogP contribution in [0, 0.1) is 5.92 Å². The van der Waals surface area contributed by atoms with Gasteiger partial charge in [-0.05, 0) is 0 Å². The van der Waals surface area contributed by atoms with Crippen molar-refractivity contribution in [3.63, 3.8) is 0 Å². The largest absolute Gasteiger partial charge is 0.481 e. The predicted molar refractivity (Wildman–Crippen MR) is 51.7 cm³/mol. The Balaban J connectivity index is 0.000000162. The molecule has 82 valence electrons. The van der Waals surface area contributed by atoms with Crippen LogP contribution < -0.4 is 0 Å². The molecule has 15 heavy (non-hydrogen) atoms. The summed E-state index contributed by atoms with van der Waals surface area (Å²) in [6, 6.07) is 12.0. The number of carbonyl (C=O) groups is 1. The second-order valence-electron chi connectivity index (χ2n) is 3.45. The Kier molecular flexibility index (Phi) is 3.77. The van der Waals surface area contributed by atoms with Crippen LogP contribution in [0.15, 0.2) is 36.4 Å². The van der Waals surface area contributed by atoms with Gasteiger partial charge in [-0.15, -0.1) is 0 Å². The molecule has 0 amide bonds. The first-order valence-corrected chi connectivity index (χ1v) is 4.62. The zero-order chi connectivity index (χ0) is 11.3. The first kappa shape index (κ1) is 11.6. The number of halogens is 2. The fourth-order valence-electron chi connectivity index (χ4n) is 1.22. The maximum absolute atomic E-state index is 11.9. The topological polar surface area (TPSA) is 37.3 Å². The van der Waals surface area contributed by atoms with Gasteiger partial charge in [-0.1, -0.05) is 36.4 Å². The zero-order valence-corrected chi connectivity index (χ0v) is 8.07. The Labute approximate surface area is 86.5 Å². The number of alkyl halides is 2. The number of carboxylic acid groups (broad SMARTS) is 1. The van der Waals surface area contributed by atoms with Crippen LogP contribution in [-0.2, 0) is 4.79 Å². The van der Waals surface area contributed by atoms with Crippen molar-refractivity contribution in [3.8, 4) is 0 Å². The van der Waals surface area contributed by atoms with Gasteiger partial charge >= 0.3 is 5.97 Å². The lowest BCUT2D eigenvalue weighted by atomic mass is 9.82. The van der Waals surface area contributed by atoms with Crippen molar-refractivity contribution in [1.29, 1.82) is 0 Å². The maximum atomic E-state index is 11.9. The van der Waals surface area contributed by atoms with Gasteiger partial charge in [-0.2, -0.15) is 0 Å². The predicted octanol–water partition coefficient (Wildman–Crippen LogP) is 2.80. The maximum Gasteiger partial charge on any atom is 0.306 e. The molecule has 2 nitrogen and oxygen atoms in total. The Morgan fingerprint density at radius 2 is 1.40 bits per heavy atom. The highest BCUT2D eigenvalue weighted by Gasteiger charge is 2.48. The number of aliphatic carboxylic acids is 1. The second-order valence-corrected chi connectivity index (χ2v) is 3.45. The normalized spacial score (nSPS) is 18.3. The van der Waals surface area contributed by atoms with E-state index in [0.29, 0.717) is 0 Å². The fraction of sp³-hybridized carbons (Fsp3) is 0.364. The average molecular weight is 214 g/mol. The van der Waals surface area contributed by atoms with Gasteiger partial charge in [0.15, 0.2) is 0 Å². The molecule has 0 bridgehead atoms. The summed E-state index contributed by atoms with van der Waals surface area (Å²) in [7, 11) is 0. The first-order valence-electron chi connectivity index (χ1n) is 4.62. The molecule has 1 aromatic carbocycles. The van der Waals surface area contributed by atoms with Crippen molar-refractivity contribution < 1.29 is 18.7 Å². The van der Waals surface area contributed by atoms with Gasteiger partial charge in [0.05, 0.1) is 5.92 Å². The summed E-state index contributed by atoms with van der Waals surface area (Å²) in [4.78, 5) is 9.94. The van der Waals surface area contributed by atoms with Gasteiger partial charge in [-0.25, -0.2) is 8.78 Å². The highest BCUT2D eigenvalue weighted by molar-refractivity contribution is 5.71. The molecule has 1 aliphatic rings. The van der Waals surface area contributed by atoms with E-state index < -0.39 is 30.7 Å². The fourth-order valence-corrected chi connectivity index (χ4v) is 1.22. The molecule has 0 radical (unpaired) electrons. The zero-order valence-electron chi connectivity index (χ0n) is 8.07. The van der Waals surface area contributed by atoms with E-state index in [-0.39, 0.29) is 0 Å². The van der Waals surface area contributed by atoms with Crippen LogP contribution in [0.25, 0.3) is 0 Å². The number of benzene rings is 1. The van der Waals surface area contributed by atoms with Crippen LogP contribution in [0.1, 0.15) is 12.8 Å². The molecular weight excluding hydrogens is 202 g/mol. The molecular formula is C11H12F2O2. The number of hydrogen-bond acceptors (Lipinski definition) is 1. The van der Waals surface area contributed by atoms with Crippen LogP contribution in [-0.4, -0.2) is 17.0 Å². The van der Waals surface area contributed by atoms with E-state index in [2.05, 4.69) is 0 Å². The van der Waals surface area contributed by atoms with Crippen molar-refractivity contribution >= 4 is 5.97 Å². The average Bonchev–Trinajstić information content (AvgIpc) is 2.17. The molecule has 0 heterocycles. The van der Waals surface area contributed by atoms with E-state index in [1.807, 2.05) is 36.4 Å². The summed E-state index contributed by atoms with van der Waals surface area (Å²) < 4.78 is 23.8. The van der Waals surface area contributed by atoms with E-state index >= 15 is 0 Å². The molecule has 1 fully saturated rings. The SMILES string of the molecule is O=C(O)C1CC(F)(F)C1.c1ccccc1. The molecule has 0 aliphatic heterocycles. The van der Waals surface area contributed by atoms with Crippen molar-refractivity contribution in [2.45, 2.75) is 18.8 Å². The highest BCUT2D eigenvalue weighted by atomic mass is 19.3. The van der Waals surface area contributed by atoms with E-state index in [9.17, 15) is 13.6 Å². The summed E-state index contributed by atoms with van der Waals surface area (Å²) in [6.07, 6.45) is -0.968. The van der Waals surface area contributed by atoms with Gasteiger partial charge in [-0.3, -0.25) is 4.79 Å². The minimum absolute atomic E-state index is 0.484. The molecule has 0 aromatic heterocycles. The van der Waals surface area contributed by atoms with Crippen LogP contribution in [0.5, 0.6) is 0 Å². The standard InChI is InChI=1S/C6H6.C5H6F2O2/c1-2-4-6-5-3-1;6-5(7)1-3(2-5)4(8)9/h1-6H;3H,1-2H2,(H,8,9). The Morgan fingerprint density at radius 3 is 1.53 bits per heavy atom. The van der Waals surface area contributed by atoms with Crippen molar-refractivity contribution in [2.75, 3.05) is 0 Å². The molecule has 0 spiro atoms. The van der Waals surface area contributed by atoms with Gasteiger partial charge < -0.3 is 5.11 Å². The molecule has 0 atom stereocenters. The molecule has 1 N–H and O–H groups in total.